The van der Waals surface area contributed by atoms with Gasteiger partial charge in [0.2, 0.25) is 0 Å². The van der Waals surface area contributed by atoms with Crippen molar-refractivity contribution < 1.29 is 61.5 Å². The summed E-state index contributed by atoms with van der Waals surface area (Å²) >= 11 is 8.18. The highest BCUT2D eigenvalue weighted by Crippen LogP contribution is 2.56. The molecule has 0 amide bonds. The van der Waals surface area contributed by atoms with Crippen LogP contribution in [0.15, 0.2) is 10.1 Å². The van der Waals surface area contributed by atoms with Crippen LogP contribution in [0.4, 0.5) is 61.5 Å². The molecule has 0 N–H and O–H groups in total. The molecule has 0 aromatic rings. The van der Waals surface area contributed by atoms with E-state index in [0.717, 1.165) is 0 Å². The Kier molecular flexibility index (Phi) is 5.79. The molecule has 0 aliphatic carbocycles. The van der Waals surface area contributed by atoms with Crippen molar-refractivity contribution in [1.29, 1.82) is 0 Å². The summed E-state index contributed by atoms with van der Waals surface area (Å²) < 4.78 is 173. The van der Waals surface area contributed by atoms with Gasteiger partial charge in [0.05, 0.1) is 0 Å². The minimum absolute atomic E-state index is 3.74. The second kappa shape index (κ2) is 5.95. The van der Waals surface area contributed by atoms with Crippen LogP contribution in [-0.4, -0.2) is 36.0 Å². The van der Waals surface area contributed by atoms with Crippen LogP contribution in [0.25, 0.3) is 0 Å². The fraction of sp³-hybridized carbons (Fsp3) is 0.750. The summed E-state index contributed by atoms with van der Waals surface area (Å²) in [5.74, 6) is -28.1. The Hall–Kier alpha value is -0.660. The lowest BCUT2D eigenvalue weighted by Gasteiger charge is -2.31. The lowest BCUT2D eigenvalue weighted by atomic mass is 10.1. The highest BCUT2D eigenvalue weighted by atomic mass is 35.5. The molecule has 16 heteroatoms. The molecule has 144 valence electrons. The smallest absolute Gasteiger partial charge is 0.193 e. The second-order valence-corrected chi connectivity index (χ2v) is 4.68. The maximum atomic E-state index is 13.0. The second-order valence-electron chi connectivity index (χ2n) is 3.92. The van der Waals surface area contributed by atoms with Crippen LogP contribution < -0.4 is 0 Å². The maximum Gasteiger partial charge on any atom is 0.460 e. The number of hydrogen-bond donors (Lipinski definition) is 0. The third kappa shape index (κ3) is 3.35. The Balaban J connectivity index is 6.38. The van der Waals surface area contributed by atoms with Gasteiger partial charge in [0.25, 0.3) is 0 Å². The van der Waals surface area contributed by atoms with E-state index < -0.39 is 46.1 Å². The third-order valence-corrected chi connectivity index (χ3v) is 3.19. The van der Waals surface area contributed by atoms with Crippen LogP contribution in [0, 0.1) is 0 Å². The lowest BCUT2D eigenvalue weighted by molar-refractivity contribution is -0.348. The minimum atomic E-state index is -7.21. The van der Waals surface area contributed by atoms with Crippen molar-refractivity contribution in [2.24, 2.45) is 0 Å². The topological polar surface area (TPSA) is 0 Å². The molecule has 0 heterocycles. The summed E-state index contributed by atoms with van der Waals surface area (Å²) in [6.07, 6.45) is -14.3. The summed E-state index contributed by atoms with van der Waals surface area (Å²) in [7, 11) is 0. The molecule has 0 saturated heterocycles. The molecule has 0 rings (SSSR count). The van der Waals surface area contributed by atoms with E-state index in [0.29, 0.717) is 0 Å². The van der Waals surface area contributed by atoms with Gasteiger partial charge in [0.15, 0.2) is 0 Å². The van der Waals surface area contributed by atoms with Crippen LogP contribution in [0.2, 0.25) is 0 Å². The number of alkyl halides is 14. The van der Waals surface area contributed by atoms with Crippen molar-refractivity contribution in [3.8, 4) is 0 Å². The van der Waals surface area contributed by atoms with Crippen LogP contribution in [0.3, 0.4) is 0 Å². The first-order chi connectivity index (χ1) is 10.1. The molecule has 0 aliphatic rings. The Bertz CT molecular complexity index is 464. The van der Waals surface area contributed by atoms with E-state index in [1.54, 1.807) is 0 Å². The first kappa shape index (κ1) is 23.3. The number of halogens is 16. The first-order valence-corrected chi connectivity index (χ1v) is 5.53. The molecule has 0 aromatic heterocycles. The Labute approximate surface area is 132 Å². The Morgan fingerprint density at radius 3 is 0.708 bits per heavy atom. The molecule has 24 heavy (non-hydrogen) atoms. The third-order valence-electron chi connectivity index (χ3n) is 2.24. The monoisotopic (exact) mass is 432 g/mol. The first-order valence-electron chi connectivity index (χ1n) is 4.77. The summed E-state index contributed by atoms with van der Waals surface area (Å²) in [4.78, 5) is 0. The van der Waals surface area contributed by atoms with Gasteiger partial charge in [-0.3, -0.25) is 0 Å². The van der Waals surface area contributed by atoms with E-state index in [1.165, 1.54) is 0 Å². The highest BCUT2D eigenvalue weighted by molar-refractivity contribution is 6.40. The van der Waals surface area contributed by atoms with Crippen LogP contribution in [0.1, 0.15) is 0 Å². The van der Waals surface area contributed by atoms with Gasteiger partial charge in [-0.25, -0.2) is 0 Å². The van der Waals surface area contributed by atoms with Crippen molar-refractivity contribution >= 4 is 23.2 Å². The number of hydrogen-bond acceptors (Lipinski definition) is 0. The lowest BCUT2D eigenvalue weighted by Crippen LogP contribution is -2.55. The zero-order valence-electron chi connectivity index (χ0n) is 10.0. The summed E-state index contributed by atoms with van der Waals surface area (Å²) in [5, 5.41) is -7.47. The average molecular weight is 433 g/mol. The van der Waals surface area contributed by atoms with Crippen molar-refractivity contribution in [1.82, 2.24) is 0 Å². The van der Waals surface area contributed by atoms with Crippen LogP contribution in [-0.2, 0) is 0 Å². The summed E-state index contributed by atoms with van der Waals surface area (Å²) in [6.45, 7) is 0. The molecule has 0 radical (unpaired) electrons. The van der Waals surface area contributed by atoms with Gasteiger partial charge in [-0.2, -0.15) is 61.5 Å². The Morgan fingerprint density at radius 2 is 0.583 bits per heavy atom. The van der Waals surface area contributed by atoms with E-state index in [2.05, 4.69) is 23.2 Å². The van der Waals surface area contributed by atoms with Crippen molar-refractivity contribution in [3.63, 3.8) is 0 Å². The van der Waals surface area contributed by atoms with Gasteiger partial charge >= 0.3 is 36.0 Å². The van der Waals surface area contributed by atoms with E-state index in [4.69, 9.17) is 0 Å². The Morgan fingerprint density at radius 1 is 0.417 bits per heavy atom. The molecule has 0 spiro atoms. The highest BCUT2D eigenvalue weighted by Gasteiger charge is 2.78. The molecule has 0 saturated carbocycles. The summed E-state index contributed by atoms with van der Waals surface area (Å²) in [5.41, 5.74) is 0. The molecule has 0 unspecified atom stereocenters. The standard InChI is InChI=1S/C8Cl2F14/c9-1(3(11,12)5(15,16)7(19,20)21)2(10)4(13,14)6(17,18)8(22,23)24/b2-1+. The van der Waals surface area contributed by atoms with Crippen LogP contribution >= 0.6 is 23.2 Å². The quantitative estimate of drug-likeness (QED) is 0.454. The molecule has 0 aliphatic heterocycles. The maximum absolute atomic E-state index is 13.0. The number of allylic oxidation sites excluding steroid dienone is 2. The van der Waals surface area contributed by atoms with Crippen molar-refractivity contribution in [2.75, 3.05) is 0 Å². The van der Waals surface area contributed by atoms with E-state index in [9.17, 15) is 61.5 Å². The molecule has 0 fully saturated rings. The fourth-order valence-corrected chi connectivity index (χ4v) is 1.38. The molecule has 0 atom stereocenters. The van der Waals surface area contributed by atoms with E-state index in [-0.39, 0.29) is 0 Å². The zero-order chi connectivity index (χ0) is 20.2. The minimum Gasteiger partial charge on any atom is -0.193 e. The molecular formula is C8Cl2F14. The fourth-order valence-electron chi connectivity index (χ4n) is 0.907. The SMILES string of the molecule is FC(F)(F)C(F)(F)C(F)(F)/C(Cl)=C(\Cl)C(F)(F)C(F)(F)C(F)(F)F. The molecule has 0 nitrogen and oxygen atoms in total. The van der Waals surface area contributed by atoms with Gasteiger partial charge in [0, 0.05) is 0 Å². The van der Waals surface area contributed by atoms with Gasteiger partial charge in [0.1, 0.15) is 10.1 Å². The van der Waals surface area contributed by atoms with E-state index >= 15 is 0 Å². The number of rotatable bonds is 4. The predicted molar refractivity (Wildman–Crippen MR) is 50.6 cm³/mol. The average Bonchev–Trinajstić information content (AvgIpc) is 2.33. The predicted octanol–water partition coefficient (Wildman–Crippen LogP) is 6.34. The normalized spacial score (nSPS) is 17.0. The van der Waals surface area contributed by atoms with Crippen molar-refractivity contribution in [3.05, 3.63) is 10.1 Å². The molecule has 0 bridgehead atoms. The largest absolute Gasteiger partial charge is 0.460 e. The van der Waals surface area contributed by atoms with Gasteiger partial charge in [-0.05, 0) is 0 Å². The van der Waals surface area contributed by atoms with E-state index in [1.807, 2.05) is 0 Å². The molecule has 0 aromatic carbocycles. The van der Waals surface area contributed by atoms with Crippen LogP contribution in [0.5, 0.6) is 0 Å². The van der Waals surface area contributed by atoms with Gasteiger partial charge in [-0.1, -0.05) is 23.2 Å². The van der Waals surface area contributed by atoms with Gasteiger partial charge in [-0.15, -0.1) is 0 Å². The molecular weight excluding hydrogens is 433 g/mol. The summed E-state index contributed by atoms with van der Waals surface area (Å²) in [6, 6.07) is 0. The van der Waals surface area contributed by atoms with Crippen molar-refractivity contribution in [2.45, 2.75) is 36.0 Å². The zero-order valence-corrected chi connectivity index (χ0v) is 11.6. The van der Waals surface area contributed by atoms with Gasteiger partial charge < -0.3 is 0 Å².